The molecule has 0 aliphatic rings. The summed E-state index contributed by atoms with van der Waals surface area (Å²) < 4.78 is 15.9. The lowest BCUT2D eigenvalue weighted by Gasteiger charge is -2.09. The minimum absolute atomic E-state index is 0.374. The molecule has 3 aromatic rings. The third-order valence-electron chi connectivity index (χ3n) is 3.39. The highest BCUT2D eigenvalue weighted by Gasteiger charge is 2.14. The summed E-state index contributed by atoms with van der Waals surface area (Å²) in [4.78, 5) is 12.3. The maximum Gasteiger partial charge on any atom is 0.347 e. The molecule has 0 atom stereocenters. The van der Waals surface area contributed by atoms with Crippen molar-refractivity contribution in [2.24, 2.45) is 0 Å². The number of halogens is 1. The summed E-state index contributed by atoms with van der Waals surface area (Å²) in [6, 6.07) is 12.3. The van der Waals surface area contributed by atoms with Gasteiger partial charge in [0, 0.05) is 17.0 Å². The highest BCUT2D eigenvalue weighted by molar-refractivity contribution is 6.33. The van der Waals surface area contributed by atoms with Crippen molar-refractivity contribution in [1.82, 2.24) is 0 Å². The van der Waals surface area contributed by atoms with Crippen LogP contribution in [0.3, 0.4) is 0 Å². The molecule has 3 rings (SSSR count). The quantitative estimate of drug-likeness (QED) is 0.729. The Labute approximate surface area is 131 Å². The lowest BCUT2D eigenvalue weighted by Crippen LogP contribution is -2.03. The van der Waals surface area contributed by atoms with E-state index >= 15 is 0 Å². The van der Waals surface area contributed by atoms with Gasteiger partial charge in [-0.15, -0.1) is 0 Å². The second-order valence-electron chi connectivity index (χ2n) is 4.67. The van der Waals surface area contributed by atoms with E-state index in [1.165, 1.54) is 7.11 Å². The molecule has 5 heteroatoms. The summed E-state index contributed by atoms with van der Waals surface area (Å²) in [6.07, 6.45) is 0. The molecule has 0 saturated carbocycles. The van der Waals surface area contributed by atoms with E-state index in [1.807, 2.05) is 12.1 Å². The molecule has 0 unspecified atom stereocenters. The topological polar surface area (TPSA) is 48.7 Å². The number of rotatable bonds is 3. The number of fused-ring (bicyclic) bond motifs is 1. The Balaban J connectivity index is 2.33. The van der Waals surface area contributed by atoms with Crippen LogP contribution in [0, 0.1) is 0 Å². The minimum Gasteiger partial charge on any atom is -0.497 e. The molecular weight excluding hydrogens is 304 g/mol. The molecule has 0 radical (unpaired) electrons. The summed E-state index contributed by atoms with van der Waals surface area (Å²) >= 11 is 6.17. The largest absolute Gasteiger partial charge is 0.497 e. The van der Waals surface area contributed by atoms with Gasteiger partial charge in [-0.2, -0.15) is 0 Å². The first-order valence-electron chi connectivity index (χ1n) is 6.59. The third-order valence-corrected chi connectivity index (χ3v) is 3.72. The van der Waals surface area contributed by atoms with Gasteiger partial charge < -0.3 is 13.9 Å². The van der Waals surface area contributed by atoms with E-state index in [9.17, 15) is 4.79 Å². The van der Waals surface area contributed by atoms with E-state index in [2.05, 4.69) is 0 Å². The van der Waals surface area contributed by atoms with Crippen molar-refractivity contribution < 1.29 is 13.9 Å². The van der Waals surface area contributed by atoms with Crippen molar-refractivity contribution in [3.05, 3.63) is 57.9 Å². The molecule has 22 heavy (non-hydrogen) atoms. The predicted molar refractivity (Wildman–Crippen MR) is 86.0 cm³/mol. The van der Waals surface area contributed by atoms with Gasteiger partial charge in [0.1, 0.15) is 22.6 Å². The predicted octanol–water partition coefficient (Wildman–Crippen LogP) is 4.13. The minimum atomic E-state index is -0.480. The molecular formula is C17H13ClO4. The van der Waals surface area contributed by atoms with E-state index in [1.54, 1.807) is 37.4 Å². The molecule has 0 spiro atoms. The zero-order valence-corrected chi connectivity index (χ0v) is 12.8. The summed E-state index contributed by atoms with van der Waals surface area (Å²) in [6.45, 7) is 0. The number of hydrogen-bond donors (Lipinski definition) is 0. The third kappa shape index (κ3) is 2.42. The molecule has 0 fully saturated rings. The highest BCUT2D eigenvalue weighted by atomic mass is 35.5. The van der Waals surface area contributed by atoms with Crippen LogP contribution in [-0.2, 0) is 0 Å². The van der Waals surface area contributed by atoms with E-state index in [4.69, 9.17) is 25.5 Å². The Bertz CT molecular complexity index is 899. The normalized spacial score (nSPS) is 10.7. The molecule has 0 aliphatic carbocycles. The van der Waals surface area contributed by atoms with Crippen LogP contribution in [0.2, 0.25) is 5.02 Å². The zero-order valence-electron chi connectivity index (χ0n) is 12.1. The maximum atomic E-state index is 12.3. The molecule has 2 aromatic carbocycles. The van der Waals surface area contributed by atoms with E-state index in [-0.39, 0.29) is 0 Å². The van der Waals surface area contributed by atoms with E-state index in [0.717, 1.165) is 0 Å². The Morgan fingerprint density at radius 3 is 2.50 bits per heavy atom. The van der Waals surface area contributed by atoms with Gasteiger partial charge in [0.2, 0.25) is 0 Å². The van der Waals surface area contributed by atoms with Crippen LogP contribution in [0.15, 0.2) is 51.7 Å². The summed E-state index contributed by atoms with van der Waals surface area (Å²) in [7, 11) is 3.05. The molecule has 0 bridgehead atoms. The fraction of sp³-hybridized carbons (Fsp3) is 0.118. The fourth-order valence-corrected chi connectivity index (χ4v) is 2.57. The van der Waals surface area contributed by atoms with Crippen molar-refractivity contribution >= 4 is 22.4 Å². The summed E-state index contributed by atoms with van der Waals surface area (Å²) in [5.41, 5.74) is 0.178. The number of methoxy groups -OCH3 is 2. The number of hydrogen-bond acceptors (Lipinski definition) is 4. The molecule has 0 amide bonds. The average molecular weight is 317 g/mol. The molecule has 0 saturated heterocycles. The van der Waals surface area contributed by atoms with E-state index < -0.39 is 5.63 Å². The monoisotopic (exact) mass is 316 g/mol. The van der Waals surface area contributed by atoms with Crippen LogP contribution in [0.5, 0.6) is 11.5 Å². The first-order valence-corrected chi connectivity index (χ1v) is 6.96. The van der Waals surface area contributed by atoms with Gasteiger partial charge in [0.25, 0.3) is 0 Å². The molecule has 0 N–H and O–H groups in total. The lowest BCUT2D eigenvalue weighted by molar-refractivity contribution is 0.396. The smallest absolute Gasteiger partial charge is 0.347 e. The first-order chi connectivity index (χ1) is 10.6. The van der Waals surface area contributed by atoms with Crippen LogP contribution in [0.25, 0.3) is 22.1 Å². The van der Waals surface area contributed by atoms with Crippen LogP contribution in [-0.4, -0.2) is 14.2 Å². The van der Waals surface area contributed by atoms with Crippen molar-refractivity contribution in [3.63, 3.8) is 0 Å². The summed E-state index contributed by atoms with van der Waals surface area (Å²) in [5, 5.41) is 1.56. The van der Waals surface area contributed by atoms with Crippen molar-refractivity contribution in [2.75, 3.05) is 14.2 Å². The van der Waals surface area contributed by atoms with Gasteiger partial charge in [0.05, 0.1) is 19.2 Å². The van der Waals surface area contributed by atoms with Crippen LogP contribution >= 0.6 is 11.6 Å². The van der Waals surface area contributed by atoms with Gasteiger partial charge in [-0.05, 0) is 24.3 Å². The molecule has 4 nitrogen and oxygen atoms in total. The van der Waals surface area contributed by atoms with Gasteiger partial charge >= 0.3 is 5.63 Å². The SMILES string of the molecule is COc1cc(OC)c2c(=O)oc(-c3ccccc3Cl)cc2c1. The maximum absolute atomic E-state index is 12.3. The molecule has 1 aromatic heterocycles. The fourth-order valence-electron chi connectivity index (χ4n) is 2.34. The van der Waals surface area contributed by atoms with Crippen LogP contribution in [0.4, 0.5) is 0 Å². The van der Waals surface area contributed by atoms with Gasteiger partial charge in [-0.1, -0.05) is 23.7 Å². The second-order valence-corrected chi connectivity index (χ2v) is 5.08. The van der Waals surface area contributed by atoms with Crippen molar-refractivity contribution in [1.29, 1.82) is 0 Å². The summed E-state index contributed by atoms with van der Waals surface area (Å²) in [5.74, 6) is 1.41. The van der Waals surface area contributed by atoms with Crippen LogP contribution < -0.4 is 15.1 Å². The number of ether oxygens (including phenoxy) is 2. The average Bonchev–Trinajstić information content (AvgIpc) is 2.53. The Morgan fingerprint density at radius 1 is 1.05 bits per heavy atom. The Morgan fingerprint density at radius 2 is 1.82 bits per heavy atom. The number of benzene rings is 2. The first kappa shape index (κ1) is 14.5. The zero-order chi connectivity index (χ0) is 15.7. The Kier molecular flexibility index (Phi) is 3.77. The van der Waals surface area contributed by atoms with E-state index in [0.29, 0.717) is 38.6 Å². The van der Waals surface area contributed by atoms with Crippen molar-refractivity contribution in [3.8, 4) is 22.8 Å². The molecule has 0 aliphatic heterocycles. The van der Waals surface area contributed by atoms with Gasteiger partial charge in [0.15, 0.2) is 0 Å². The standard InChI is InChI=1S/C17H13ClO4/c1-20-11-7-10-8-14(12-5-3-4-6-13(12)18)22-17(19)16(10)15(9-11)21-2/h3-9H,1-2H3. The van der Waals surface area contributed by atoms with Gasteiger partial charge in [-0.25, -0.2) is 4.79 Å². The molecule has 112 valence electrons. The lowest BCUT2D eigenvalue weighted by atomic mass is 10.1. The van der Waals surface area contributed by atoms with Gasteiger partial charge in [-0.3, -0.25) is 0 Å². The molecule has 1 heterocycles. The Hall–Kier alpha value is -2.46. The highest BCUT2D eigenvalue weighted by Crippen LogP contribution is 2.33. The van der Waals surface area contributed by atoms with Crippen LogP contribution in [0.1, 0.15) is 0 Å². The second kappa shape index (κ2) is 5.73. The van der Waals surface area contributed by atoms with Crippen molar-refractivity contribution in [2.45, 2.75) is 0 Å².